The Labute approximate surface area is 105 Å². The largest absolute Gasteiger partial charge is 0.872 e. The number of aryl methyl sites for hydroxylation is 1. The molecule has 0 radical (unpaired) electrons. The van der Waals surface area contributed by atoms with Crippen LogP contribution in [0.15, 0.2) is 36.4 Å². The van der Waals surface area contributed by atoms with Crippen molar-refractivity contribution in [2.45, 2.75) is 13.8 Å². The molecule has 0 saturated heterocycles. The second-order valence-corrected chi connectivity index (χ2v) is 4.26. The van der Waals surface area contributed by atoms with Crippen molar-refractivity contribution in [1.29, 1.82) is 0 Å². The van der Waals surface area contributed by atoms with Crippen molar-refractivity contribution in [3.05, 3.63) is 53.1 Å². The highest BCUT2D eigenvalue weighted by molar-refractivity contribution is 5.89. The number of hydrogen-bond acceptors (Lipinski definition) is 2. The number of carboxylic acids is 1. The molecule has 0 unspecified atom stereocenters. The van der Waals surface area contributed by atoms with Crippen LogP contribution in [-0.2, 0) is 0 Å². The van der Waals surface area contributed by atoms with E-state index in [1.807, 2.05) is 13.0 Å². The summed E-state index contributed by atoms with van der Waals surface area (Å²) in [6, 6.07) is 10.0. The van der Waals surface area contributed by atoms with Crippen LogP contribution in [0.1, 0.15) is 21.5 Å². The van der Waals surface area contributed by atoms with Gasteiger partial charge in [0.1, 0.15) is 0 Å². The molecule has 0 atom stereocenters. The second kappa shape index (κ2) is 4.53. The SMILES string of the molecule is Cc1cc(C(=O)O)ccc1-c1cccc([O-])c1C. The molecule has 0 aliphatic heterocycles. The van der Waals surface area contributed by atoms with Gasteiger partial charge in [0.15, 0.2) is 0 Å². The molecule has 2 aromatic carbocycles. The van der Waals surface area contributed by atoms with E-state index in [1.165, 1.54) is 6.07 Å². The molecule has 1 N–H and O–H groups in total. The number of carboxylic acid groups (broad SMARTS) is 1. The van der Waals surface area contributed by atoms with E-state index in [-0.39, 0.29) is 11.3 Å². The Kier molecular flexibility index (Phi) is 3.06. The van der Waals surface area contributed by atoms with Crippen LogP contribution in [0, 0.1) is 13.8 Å². The summed E-state index contributed by atoms with van der Waals surface area (Å²) in [5, 5.41) is 20.5. The van der Waals surface area contributed by atoms with Gasteiger partial charge in [0, 0.05) is 0 Å². The molecule has 0 aromatic heterocycles. The van der Waals surface area contributed by atoms with Gasteiger partial charge in [-0.2, -0.15) is 0 Å². The first-order chi connectivity index (χ1) is 8.50. The molecular formula is C15H13O3-. The lowest BCUT2D eigenvalue weighted by Crippen LogP contribution is -1.99. The van der Waals surface area contributed by atoms with Crippen LogP contribution in [-0.4, -0.2) is 11.1 Å². The fourth-order valence-corrected chi connectivity index (χ4v) is 2.01. The Balaban J connectivity index is 2.58. The fraction of sp³-hybridized carbons (Fsp3) is 0.133. The van der Waals surface area contributed by atoms with E-state index in [2.05, 4.69) is 0 Å². The molecule has 0 saturated carbocycles. The molecule has 0 aliphatic carbocycles. The van der Waals surface area contributed by atoms with Gasteiger partial charge in [0.25, 0.3) is 0 Å². The maximum Gasteiger partial charge on any atom is 0.335 e. The van der Waals surface area contributed by atoms with Gasteiger partial charge in [0.2, 0.25) is 0 Å². The van der Waals surface area contributed by atoms with Crippen LogP contribution in [0.3, 0.4) is 0 Å². The molecule has 3 heteroatoms. The molecule has 0 bridgehead atoms. The van der Waals surface area contributed by atoms with Crippen LogP contribution < -0.4 is 5.11 Å². The van der Waals surface area contributed by atoms with Gasteiger partial charge in [-0.3, -0.25) is 0 Å². The number of rotatable bonds is 2. The zero-order chi connectivity index (χ0) is 13.3. The van der Waals surface area contributed by atoms with E-state index in [4.69, 9.17) is 5.11 Å². The van der Waals surface area contributed by atoms with Crippen molar-refractivity contribution in [3.8, 4) is 16.9 Å². The molecule has 3 nitrogen and oxygen atoms in total. The highest BCUT2D eigenvalue weighted by Crippen LogP contribution is 2.30. The number of carbonyl (C=O) groups is 1. The van der Waals surface area contributed by atoms with E-state index in [1.54, 1.807) is 31.2 Å². The van der Waals surface area contributed by atoms with E-state index < -0.39 is 5.97 Å². The summed E-state index contributed by atoms with van der Waals surface area (Å²) in [5.41, 5.74) is 3.55. The van der Waals surface area contributed by atoms with Gasteiger partial charge < -0.3 is 10.2 Å². The van der Waals surface area contributed by atoms with Crippen molar-refractivity contribution in [1.82, 2.24) is 0 Å². The summed E-state index contributed by atoms with van der Waals surface area (Å²) >= 11 is 0. The van der Waals surface area contributed by atoms with E-state index in [9.17, 15) is 9.90 Å². The van der Waals surface area contributed by atoms with Gasteiger partial charge in [-0.25, -0.2) is 4.79 Å². The first kappa shape index (κ1) is 12.2. The molecule has 18 heavy (non-hydrogen) atoms. The number of hydrogen-bond donors (Lipinski definition) is 1. The molecule has 0 fully saturated rings. The molecule has 92 valence electrons. The highest BCUT2D eigenvalue weighted by atomic mass is 16.4. The Morgan fingerprint density at radius 3 is 2.44 bits per heavy atom. The minimum absolute atomic E-state index is 0.00536. The highest BCUT2D eigenvalue weighted by Gasteiger charge is 2.08. The molecular weight excluding hydrogens is 228 g/mol. The molecule has 2 aromatic rings. The third-order valence-electron chi connectivity index (χ3n) is 3.05. The van der Waals surface area contributed by atoms with Crippen molar-refractivity contribution < 1.29 is 15.0 Å². The quantitative estimate of drug-likeness (QED) is 0.879. The zero-order valence-corrected chi connectivity index (χ0v) is 10.2. The predicted octanol–water partition coefficient (Wildman–Crippen LogP) is 2.74. The third-order valence-corrected chi connectivity index (χ3v) is 3.05. The minimum Gasteiger partial charge on any atom is -0.872 e. The summed E-state index contributed by atoms with van der Waals surface area (Å²) in [5.74, 6) is -0.951. The minimum atomic E-state index is -0.945. The number of benzene rings is 2. The average molecular weight is 241 g/mol. The lowest BCUT2D eigenvalue weighted by Gasteiger charge is -2.16. The average Bonchev–Trinajstić information content (AvgIpc) is 2.33. The van der Waals surface area contributed by atoms with Crippen LogP contribution in [0.4, 0.5) is 0 Å². The van der Waals surface area contributed by atoms with Crippen molar-refractivity contribution in [3.63, 3.8) is 0 Å². The van der Waals surface area contributed by atoms with Gasteiger partial charge in [0.05, 0.1) is 5.56 Å². The van der Waals surface area contributed by atoms with E-state index in [0.29, 0.717) is 5.56 Å². The molecule has 0 spiro atoms. The van der Waals surface area contributed by atoms with Gasteiger partial charge in [-0.05, 0) is 42.7 Å². The molecule has 0 amide bonds. The summed E-state index contributed by atoms with van der Waals surface area (Å²) in [6.07, 6.45) is 0. The first-order valence-electron chi connectivity index (χ1n) is 5.61. The van der Waals surface area contributed by atoms with E-state index >= 15 is 0 Å². The van der Waals surface area contributed by atoms with Crippen LogP contribution in [0.5, 0.6) is 5.75 Å². The van der Waals surface area contributed by atoms with Crippen molar-refractivity contribution in [2.24, 2.45) is 0 Å². The predicted molar refractivity (Wildman–Crippen MR) is 67.8 cm³/mol. The first-order valence-corrected chi connectivity index (χ1v) is 5.61. The standard InChI is InChI=1S/C15H14O3/c1-9-8-11(15(17)18)6-7-12(9)13-4-3-5-14(16)10(13)2/h3-8,16H,1-2H3,(H,17,18)/p-1. The second-order valence-electron chi connectivity index (χ2n) is 4.26. The summed E-state index contributed by atoms with van der Waals surface area (Å²) in [6.45, 7) is 3.63. The Hall–Kier alpha value is -2.29. The Bertz CT molecular complexity index is 615. The smallest absolute Gasteiger partial charge is 0.335 e. The maximum atomic E-state index is 11.6. The maximum absolute atomic E-state index is 11.6. The molecule has 0 heterocycles. The topological polar surface area (TPSA) is 60.4 Å². The van der Waals surface area contributed by atoms with Crippen LogP contribution in [0.25, 0.3) is 11.1 Å². The van der Waals surface area contributed by atoms with Gasteiger partial charge >= 0.3 is 5.97 Å². The fourth-order valence-electron chi connectivity index (χ4n) is 2.01. The molecule has 2 rings (SSSR count). The van der Waals surface area contributed by atoms with Crippen molar-refractivity contribution in [2.75, 3.05) is 0 Å². The van der Waals surface area contributed by atoms with Gasteiger partial charge in [-0.15, -0.1) is 5.75 Å². The summed E-state index contributed by atoms with van der Waals surface area (Å²) < 4.78 is 0. The monoisotopic (exact) mass is 241 g/mol. The summed E-state index contributed by atoms with van der Waals surface area (Å²) in [4.78, 5) is 10.9. The van der Waals surface area contributed by atoms with Crippen LogP contribution >= 0.6 is 0 Å². The third kappa shape index (κ3) is 2.07. The normalized spacial score (nSPS) is 10.3. The zero-order valence-electron chi connectivity index (χ0n) is 10.2. The molecule has 0 aliphatic rings. The lowest BCUT2D eigenvalue weighted by atomic mass is 9.95. The number of aromatic carboxylic acids is 1. The van der Waals surface area contributed by atoms with Gasteiger partial charge in [-0.1, -0.05) is 29.8 Å². The lowest BCUT2D eigenvalue weighted by molar-refractivity contribution is -0.269. The Morgan fingerprint density at radius 1 is 1.11 bits per heavy atom. The van der Waals surface area contributed by atoms with E-state index in [0.717, 1.165) is 16.7 Å². The van der Waals surface area contributed by atoms with Crippen LogP contribution in [0.2, 0.25) is 0 Å². The van der Waals surface area contributed by atoms with Crippen molar-refractivity contribution >= 4 is 5.97 Å². The summed E-state index contributed by atoms with van der Waals surface area (Å²) in [7, 11) is 0. The Morgan fingerprint density at radius 2 is 1.83 bits per heavy atom.